The van der Waals surface area contributed by atoms with E-state index in [4.69, 9.17) is 11.6 Å². The Morgan fingerprint density at radius 3 is 2.95 bits per heavy atom. The van der Waals surface area contributed by atoms with Crippen LogP contribution in [0.25, 0.3) is 0 Å². The normalized spacial score (nSPS) is 17.4. The van der Waals surface area contributed by atoms with Crippen LogP contribution in [0, 0.1) is 5.82 Å². The first kappa shape index (κ1) is 14.7. The minimum Gasteiger partial charge on any atom is -0.354 e. The SMILES string of the molecule is CC(C(=O)Nc1ccc(F)c(Cl)c1)N1CCNC(=O)C1. The van der Waals surface area contributed by atoms with E-state index in [0.29, 0.717) is 18.8 Å². The Balaban J connectivity index is 1.99. The van der Waals surface area contributed by atoms with E-state index in [1.807, 2.05) is 0 Å². The fraction of sp³-hybridized carbons (Fsp3) is 0.385. The number of piperazine rings is 1. The van der Waals surface area contributed by atoms with Crippen LogP contribution in [0.4, 0.5) is 10.1 Å². The van der Waals surface area contributed by atoms with Crippen molar-refractivity contribution in [1.29, 1.82) is 0 Å². The minimum atomic E-state index is -0.537. The van der Waals surface area contributed by atoms with Crippen LogP contribution < -0.4 is 10.6 Å². The fourth-order valence-electron chi connectivity index (χ4n) is 1.98. The number of benzene rings is 1. The van der Waals surface area contributed by atoms with Crippen molar-refractivity contribution in [2.45, 2.75) is 13.0 Å². The molecule has 1 heterocycles. The maximum Gasteiger partial charge on any atom is 0.241 e. The smallest absolute Gasteiger partial charge is 0.241 e. The van der Waals surface area contributed by atoms with Gasteiger partial charge in [-0.05, 0) is 25.1 Å². The third kappa shape index (κ3) is 3.46. The van der Waals surface area contributed by atoms with Gasteiger partial charge in [0, 0.05) is 18.8 Å². The predicted octanol–water partition coefficient (Wildman–Crippen LogP) is 1.24. The molecular formula is C13H15ClFN3O2. The Kier molecular flexibility index (Phi) is 4.57. The molecule has 0 spiro atoms. The predicted molar refractivity (Wildman–Crippen MR) is 74.1 cm³/mol. The maximum absolute atomic E-state index is 13.0. The van der Waals surface area contributed by atoms with E-state index in [1.165, 1.54) is 18.2 Å². The van der Waals surface area contributed by atoms with E-state index in [9.17, 15) is 14.0 Å². The van der Waals surface area contributed by atoms with Crippen molar-refractivity contribution in [1.82, 2.24) is 10.2 Å². The molecule has 0 bridgehead atoms. The van der Waals surface area contributed by atoms with Gasteiger partial charge in [0.1, 0.15) is 5.82 Å². The standard InChI is InChI=1S/C13H15ClFN3O2/c1-8(18-5-4-16-12(19)7-18)13(20)17-9-2-3-11(15)10(14)6-9/h2-3,6,8H,4-5,7H2,1H3,(H,16,19)(H,17,20). The lowest BCUT2D eigenvalue weighted by molar-refractivity contribution is -0.127. The van der Waals surface area contributed by atoms with Crippen LogP contribution in [-0.4, -0.2) is 42.4 Å². The number of carbonyl (C=O) groups excluding carboxylic acids is 2. The second-order valence-electron chi connectivity index (χ2n) is 4.61. The quantitative estimate of drug-likeness (QED) is 0.883. The molecule has 1 saturated heterocycles. The van der Waals surface area contributed by atoms with E-state index in [2.05, 4.69) is 10.6 Å². The van der Waals surface area contributed by atoms with Crippen LogP contribution in [0.15, 0.2) is 18.2 Å². The number of anilines is 1. The highest BCUT2D eigenvalue weighted by Crippen LogP contribution is 2.19. The summed E-state index contributed by atoms with van der Waals surface area (Å²) < 4.78 is 13.0. The number of halogens is 2. The van der Waals surface area contributed by atoms with Gasteiger partial charge in [0.15, 0.2) is 0 Å². The molecule has 0 aromatic heterocycles. The molecule has 0 saturated carbocycles. The lowest BCUT2D eigenvalue weighted by Gasteiger charge is -2.31. The highest BCUT2D eigenvalue weighted by Gasteiger charge is 2.26. The Labute approximate surface area is 121 Å². The number of nitrogens with one attached hydrogen (secondary N) is 2. The Bertz CT molecular complexity index is 538. The zero-order valence-corrected chi connectivity index (χ0v) is 11.7. The third-order valence-corrected chi connectivity index (χ3v) is 3.47. The first-order valence-corrected chi connectivity index (χ1v) is 6.62. The lowest BCUT2D eigenvalue weighted by Crippen LogP contribution is -2.53. The zero-order valence-electron chi connectivity index (χ0n) is 11.0. The molecule has 1 aromatic carbocycles. The number of amides is 2. The average molecular weight is 300 g/mol. The third-order valence-electron chi connectivity index (χ3n) is 3.18. The van der Waals surface area contributed by atoms with Crippen LogP contribution in [0.2, 0.25) is 5.02 Å². The van der Waals surface area contributed by atoms with Crippen LogP contribution in [-0.2, 0) is 9.59 Å². The molecule has 1 aliphatic rings. The van der Waals surface area contributed by atoms with Crippen LogP contribution in [0.5, 0.6) is 0 Å². The molecule has 1 fully saturated rings. The van der Waals surface area contributed by atoms with E-state index in [0.717, 1.165) is 0 Å². The van der Waals surface area contributed by atoms with Crippen LogP contribution in [0.1, 0.15) is 6.92 Å². The maximum atomic E-state index is 13.0. The summed E-state index contributed by atoms with van der Waals surface area (Å²) in [6.07, 6.45) is 0. The summed E-state index contributed by atoms with van der Waals surface area (Å²) in [5.41, 5.74) is 0.426. The zero-order chi connectivity index (χ0) is 14.7. The molecule has 1 unspecified atom stereocenters. The summed E-state index contributed by atoms with van der Waals surface area (Å²) in [5.74, 6) is -0.895. The highest BCUT2D eigenvalue weighted by atomic mass is 35.5. The second-order valence-corrected chi connectivity index (χ2v) is 5.02. The van der Waals surface area contributed by atoms with Gasteiger partial charge in [-0.15, -0.1) is 0 Å². The van der Waals surface area contributed by atoms with Gasteiger partial charge in [0.2, 0.25) is 11.8 Å². The van der Waals surface area contributed by atoms with Gasteiger partial charge in [-0.3, -0.25) is 14.5 Å². The van der Waals surface area contributed by atoms with Crippen molar-refractivity contribution < 1.29 is 14.0 Å². The number of carbonyl (C=O) groups is 2. The first-order chi connectivity index (χ1) is 9.47. The molecule has 0 radical (unpaired) electrons. The van der Waals surface area contributed by atoms with Crippen molar-refractivity contribution in [2.24, 2.45) is 0 Å². The molecule has 2 rings (SSSR count). The minimum absolute atomic E-state index is 0.0483. The summed E-state index contributed by atoms with van der Waals surface area (Å²) >= 11 is 5.66. The molecule has 20 heavy (non-hydrogen) atoms. The van der Waals surface area contributed by atoms with E-state index in [-0.39, 0.29) is 23.4 Å². The van der Waals surface area contributed by atoms with Crippen molar-refractivity contribution in [3.8, 4) is 0 Å². The van der Waals surface area contributed by atoms with E-state index in [1.54, 1.807) is 11.8 Å². The molecule has 5 nitrogen and oxygen atoms in total. The van der Waals surface area contributed by atoms with Gasteiger partial charge in [0.25, 0.3) is 0 Å². The second kappa shape index (κ2) is 6.19. The molecule has 0 aliphatic carbocycles. The van der Waals surface area contributed by atoms with Crippen molar-refractivity contribution >= 4 is 29.1 Å². The summed E-state index contributed by atoms with van der Waals surface area (Å²) in [7, 11) is 0. The van der Waals surface area contributed by atoms with Gasteiger partial charge in [-0.25, -0.2) is 4.39 Å². The monoisotopic (exact) mass is 299 g/mol. The Hall–Kier alpha value is -1.66. The molecular weight excluding hydrogens is 285 g/mol. The number of rotatable bonds is 3. The van der Waals surface area contributed by atoms with E-state index >= 15 is 0 Å². The van der Waals surface area contributed by atoms with Crippen molar-refractivity contribution in [2.75, 3.05) is 25.0 Å². The summed E-state index contributed by atoms with van der Waals surface area (Å²) in [6, 6.07) is 3.53. The first-order valence-electron chi connectivity index (χ1n) is 6.24. The fourth-order valence-corrected chi connectivity index (χ4v) is 2.16. The number of hydrogen-bond donors (Lipinski definition) is 2. The molecule has 1 aliphatic heterocycles. The molecule has 2 N–H and O–H groups in total. The molecule has 108 valence electrons. The van der Waals surface area contributed by atoms with Gasteiger partial charge >= 0.3 is 0 Å². The largest absolute Gasteiger partial charge is 0.354 e. The summed E-state index contributed by atoms with van der Waals surface area (Å²) in [6.45, 7) is 3.06. The lowest BCUT2D eigenvalue weighted by atomic mass is 10.2. The number of nitrogens with zero attached hydrogens (tertiary/aromatic N) is 1. The highest BCUT2D eigenvalue weighted by molar-refractivity contribution is 6.31. The topological polar surface area (TPSA) is 61.4 Å². The van der Waals surface area contributed by atoms with Crippen LogP contribution in [0.3, 0.4) is 0 Å². The molecule has 7 heteroatoms. The Morgan fingerprint density at radius 2 is 2.30 bits per heavy atom. The van der Waals surface area contributed by atoms with Gasteiger partial charge in [0.05, 0.1) is 17.6 Å². The van der Waals surface area contributed by atoms with Gasteiger partial charge < -0.3 is 10.6 Å². The molecule has 2 amide bonds. The molecule has 1 atom stereocenters. The Morgan fingerprint density at radius 1 is 1.55 bits per heavy atom. The summed E-state index contributed by atoms with van der Waals surface area (Å²) in [4.78, 5) is 25.2. The summed E-state index contributed by atoms with van der Waals surface area (Å²) in [5, 5.41) is 5.31. The van der Waals surface area contributed by atoms with Crippen molar-refractivity contribution in [3.63, 3.8) is 0 Å². The van der Waals surface area contributed by atoms with Crippen LogP contribution >= 0.6 is 11.6 Å². The number of hydrogen-bond acceptors (Lipinski definition) is 3. The van der Waals surface area contributed by atoms with Gasteiger partial charge in [-0.1, -0.05) is 11.6 Å². The van der Waals surface area contributed by atoms with E-state index < -0.39 is 11.9 Å². The molecule has 1 aromatic rings. The van der Waals surface area contributed by atoms with Crippen molar-refractivity contribution in [3.05, 3.63) is 29.0 Å². The average Bonchev–Trinajstić information content (AvgIpc) is 2.42. The van der Waals surface area contributed by atoms with Gasteiger partial charge in [-0.2, -0.15) is 0 Å².